The van der Waals surface area contributed by atoms with Gasteiger partial charge in [-0.05, 0) is 53.8 Å². The second kappa shape index (κ2) is 9.15. The molecule has 178 valence electrons. The number of benzene rings is 2. The molecule has 2 aliphatic heterocycles. The number of imidazole rings is 1. The van der Waals surface area contributed by atoms with E-state index in [1.807, 2.05) is 31.2 Å². The topological polar surface area (TPSA) is 85.9 Å². The fourth-order valence-electron chi connectivity index (χ4n) is 4.36. The third-order valence-electron chi connectivity index (χ3n) is 6.19. The van der Waals surface area contributed by atoms with Gasteiger partial charge in [0.15, 0.2) is 5.60 Å². The number of piperazine rings is 1. The van der Waals surface area contributed by atoms with E-state index < -0.39 is 10.5 Å². The number of hydrogen-bond donors (Lipinski definition) is 0. The number of ether oxygens (including phenoxy) is 2. The Morgan fingerprint density at radius 3 is 2.47 bits per heavy atom. The Labute approximate surface area is 202 Å². The van der Waals surface area contributed by atoms with E-state index in [0.717, 1.165) is 43.5 Å². The summed E-state index contributed by atoms with van der Waals surface area (Å²) in [6, 6.07) is 16.4. The molecule has 0 saturated carbocycles. The van der Waals surface area contributed by atoms with Crippen molar-refractivity contribution in [2.24, 2.45) is 0 Å². The summed E-state index contributed by atoms with van der Waals surface area (Å²) in [5, 5.41) is 11.6. The van der Waals surface area contributed by atoms with Crippen LogP contribution < -0.4 is 14.4 Å². The number of aromatic nitrogens is 2. The number of halogens is 1. The second-order valence-electron chi connectivity index (χ2n) is 8.99. The van der Waals surface area contributed by atoms with Crippen LogP contribution in [0.3, 0.4) is 0 Å². The molecule has 0 unspecified atom stereocenters. The summed E-state index contributed by atoms with van der Waals surface area (Å²) in [6.45, 7) is 7.55. The standard InChI is InChI=1S/C24H26ClN5O4/c1-24(16-29-15-22(30(31)32)26-23(29)34-24)17-33-21-8-6-20(7-9-21)28-12-10-27(11-13-28)14-18-2-4-19(25)5-3-18/h2-9,15H,10-14,16-17H2,1H3/t24-/m0/s1. The van der Waals surface area contributed by atoms with Crippen molar-refractivity contribution in [1.29, 1.82) is 0 Å². The van der Waals surface area contributed by atoms with Crippen LogP contribution in [0.4, 0.5) is 11.5 Å². The van der Waals surface area contributed by atoms with Gasteiger partial charge in [-0.15, -0.1) is 0 Å². The van der Waals surface area contributed by atoms with E-state index in [9.17, 15) is 10.1 Å². The average Bonchev–Trinajstić information content (AvgIpc) is 3.36. The highest BCUT2D eigenvalue weighted by atomic mass is 35.5. The Morgan fingerprint density at radius 1 is 1.12 bits per heavy atom. The van der Waals surface area contributed by atoms with Gasteiger partial charge in [0.2, 0.25) is 0 Å². The van der Waals surface area contributed by atoms with Crippen molar-refractivity contribution >= 4 is 23.1 Å². The summed E-state index contributed by atoms with van der Waals surface area (Å²) >= 11 is 5.98. The quantitative estimate of drug-likeness (QED) is 0.371. The minimum absolute atomic E-state index is 0.209. The normalized spacial score (nSPS) is 20.1. The predicted molar refractivity (Wildman–Crippen MR) is 129 cm³/mol. The van der Waals surface area contributed by atoms with Gasteiger partial charge in [-0.3, -0.25) is 9.47 Å². The number of rotatable bonds is 7. The maximum Gasteiger partial charge on any atom is 0.415 e. The molecule has 34 heavy (non-hydrogen) atoms. The van der Waals surface area contributed by atoms with Crippen molar-refractivity contribution in [3.63, 3.8) is 0 Å². The van der Waals surface area contributed by atoms with Crippen LogP contribution in [0.15, 0.2) is 54.7 Å². The third-order valence-corrected chi connectivity index (χ3v) is 6.45. The first-order chi connectivity index (χ1) is 16.4. The van der Waals surface area contributed by atoms with Crippen molar-refractivity contribution in [3.05, 3.63) is 75.4 Å². The van der Waals surface area contributed by atoms with Crippen LogP contribution in [-0.4, -0.2) is 57.8 Å². The van der Waals surface area contributed by atoms with Crippen LogP contribution in [0.1, 0.15) is 12.5 Å². The second-order valence-corrected chi connectivity index (χ2v) is 9.43. The van der Waals surface area contributed by atoms with Crippen molar-refractivity contribution in [2.45, 2.75) is 25.6 Å². The summed E-state index contributed by atoms with van der Waals surface area (Å²) in [5.74, 6) is 0.546. The maximum atomic E-state index is 10.9. The first-order valence-corrected chi connectivity index (χ1v) is 11.6. The molecule has 0 N–H and O–H groups in total. The molecule has 1 saturated heterocycles. The minimum atomic E-state index is -0.628. The third kappa shape index (κ3) is 4.95. The fourth-order valence-corrected chi connectivity index (χ4v) is 4.48. The molecule has 1 aromatic heterocycles. The molecule has 1 atom stereocenters. The molecule has 9 nitrogen and oxygen atoms in total. The molecule has 0 bridgehead atoms. The van der Waals surface area contributed by atoms with E-state index >= 15 is 0 Å². The molecule has 10 heteroatoms. The summed E-state index contributed by atoms with van der Waals surface area (Å²) in [7, 11) is 0. The van der Waals surface area contributed by atoms with E-state index in [1.165, 1.54) is 17.4 Å². The Bertz CT molecular complexity index is 1130. The van der Waals surface area contributed by atoms with Gasteiger partial charge in [-0.25, -0.2) is 0 Å². The van der Waals surface area contributed by atoms with E-state index in [-0.39, 0.29) is 11.8 Å². The van der Waals surface area contributed by atoms with Crippen molar-refractivity contribution in [2.75, 3.05) is 37.7 Å². The average molecular weight is 484 g/mol. The Kier molecular flexibility index (Phi) is 6.05. The van der Waals surface area contributed by atoms with Gasteiger partial charge in [0.1, 0.15) is 18.6 Å². The fraction of sp³-hybridized carbons (Fsp3) is 0.375. The molecule has 2 aromatic carbocycles. The highest BCUT2D eigenvalue weighted by Crippen LogP contribution is 2.31. The Morgan fingerprint density at radius 2 is 1.82 bits per heavy atom. The molecule has 3 aromatic rings. The van der Waals surface area contributed by atoms with Gasteiger partial charge in [-0.2, -0.15) is 0 Å². The van der Waals surface area contributed by atoms with Gasteiger partial charge in [-0.1, -0.05) is 23.7 Å². The first kappa shape index (κ1) is 22.5. The monoisotopic (exact) mass is 483 g/mol. The zero-order valence-corrected chi connectivity index (χ0v) is 19.6. The van der Waals surface area contributed by atoms with Gasteiger partial charge in [0, 0.05) is 48.4 Å². The zero-order valence-electron chi connectivity index (χ0n) is 18.9. The van der Waals surface area contributed by atoms with Crippen LogP contribution in [0, 0.1) is 10.1 Å². The van der Waals surface area contributed by atoms with Crippen LogP contribution in [0.2, 0.25) is 5.02 Å². The molecule has 0 radical (unpaired) electrons. The highest BCUT2D eigenvalue weighted by molar-refractivity contribution is 6.30. The molecule has 3 heterocycles. The number of nitrogens with zero attached hydrogens (tertiary/aromatic N) is 5. The maximum absolute atomic E-state index is 10.9. The smallest absolute Gasteiger partial charge is 0.415 e. The molecule has 1 fully saturated rings. The summed E-state index contributed by atoms with van der Waals surface area (Å²) in [6.07, 6.45) is 1.39. The number of hydrogen-bond acceptors (Lipinski definition) is 7. The summed E-state index contributed by atoms with van der Waals surface area (Å²) < 4.78 is 13.4. The lowest BCUT2D eigenvalue weighted by Gasteiger charge is -2.36. The van der Waals surface area contributed by atoms with Gasteiger partial charge >= 0.3 is 11.8 Å². The number of anilines is 1. The largest absolute Gasteiger partial charge is 0.489 e. The van der Waals surface area contributed by atoms with Crippen LogP contribution in [-0.2, 0) is 13.1 Å². The Hall–Kier alpha value is -3.30. The minimum Gasteiger partial charge on any atom is -0.489 e. The van der Waals surface area contributed by atoms with E-state index in [1.54, 1.807) is 4.57 Å². The zero-order chi connectivity index (χ0) is 23.7. The lowest BCUT2D eigenvalue weighted by Crippen LogP contribution is -2.45. The number of nitro groups is 1. The van der Waals surface area contributed by atoms with E-state index in [0.29, 0.717) is 13.2 Å². The summed E-state index contributed by atoms with van der Waals surface area (Å²) in [5.41, 5.74) is 1.83. The number of fused-ring (bicyclic) bond motifs is 1. The van der Waals surface area contributed by atoms with Crippen molar-refractivity contribution < 1.29 is 14.4 Å². The lowest BCUT2D eigenvalue weighted by atomic mass is 10.1. The molecule has 0 aliphatic carbocycles. The van der Waals surface area contributed by atoms with Gasteiger partial charge < -0.3 is 24.5 Å². The van der Waals surface area contributed by atoms with E-state index in [2.05, 4.69) is 39.0 Å². The van der Waals surface area contributed by atoms with Crippen molar-refractivity contribution in [3.8, 4) is 11.8 Å². The van der Waals surface area contributed by atoms with Crippen LogP contribution in [0.25, 0.3) is 0 Å². The predicted octanol–water partition coefficient (Wildman–Crippen LogP) is 4.00. The van der Waals surface area contributed by atoms with Crippen molar-refractivity contribution in [1.82, 2.24) is 14.5 Å². The molecule has 5 rings (SSSR count). The molecular formula is C24H26ClN5O4. The highest BCUT2D eigenvalue weighted by Gasteiger charge is 2.41. The van der Waals surface area contributed by atoms with E-state index in [4.69, 9.17) is 21.1 Å². The molecular weight excluding hydrogens is 458 g/mol. The molecule has 0 spiro atoms. The molecule has 0 amide bonds. The van der Waals surface area contributed by atoms with Crippen LogP contribution >= 0.6 is 11.6 Å². The Balaban J connectivity index is 1.10. The first-order valence-electron chi connectivity index (χ1n) is 11.2. The van der Waals surface area contributed by atoms with Gasteiger partial charge in [0.25, 0.3) is 0 Å². The molecule has 2 aliphatic rings. The lowest BCUT2D eigenvalue weighted by molar-refractivity contribution is -0.389. The van der Waals surface area contributed by atoms with Crippen LogP contribution in [0.5, 0.6) is 11.8 Å². The van der Waals surface area contributed by atoms with Gasteiger partial charge in [0.05, 0.1) is 6.54 Å². The summed E-state index contributed by atoms with van der Waals surface area (Å²) in [4.78, 5) is 19.1. The SMILES string of the molecule is C[C@@]1(COc2ccc(N3CCN(Cc4ccc(Cl)cc4)CC3)cc2)Cn2cc([N+](=O)[O-])nc2O1.